The lowest BCUT2D eigenvalue weighted by Gasteiger charge is -2.16. The van der Waals surface area contributed by atoms with Gasteiger partial charge in [0.15, 0.2) is 0 Å². The van der Waals surface area contributed by atoms with Crippen LogP contribution >= 0.6 is 0 Å². The van der Waals surface area contributed by atoms with Crippen LogP contribution in [0.5, 0.6) is 5.75 Å². The van der Waals surface area contributed by atoms with E-state index in [2.05, 4.69) is 12.2 Å². The first-order valence-electron chi connectivity index (χ1n) is 6.36. The summed E-state index contributed by atoms with van der Waals surface area (Å²) in [5, 5.41) is 12.5. The molecule has 2 N–H and O–H groups in total. The van der Waals surface area contributed by atoms with Crippen LogP contribution in [0.2, 0.25) is 0 Å². The molecule has 1 aliphatic rings. The van der Waals surface area contributed by atoms with Gasteiger partial charge in [0.2, 0.25) is 0 Å². The zero-order valence-electron chi connectivity index (χ0n) is 10.6. The number of rotatable bonds is 5. The zero-order valence-corrected chi connectivity index (χ0v) is 10.6. The van der Waals surface area contributed by atoms with E-state index in [1.165, 1.54) is 5.56 Å². The number of aromatic hydroxyl groups is 1. The average molecular weight is 249 g/mol. The topological polar surface area (TPSA) is 58.6 Å². The predicted octanol–water partition coefficient (Wildman–Crippen LogP) is 1.62. The van der Waals surface area contributed by atoms with Gasteiger partial charge in [-0.25, -0.2) is 0 Å². The minimum atomic E-state index is -0.139. The van der Waals surface area contributed by atoms with E-state index in [0.717, 1.165) is 19.3 Å². The molecule has 0 saturated carbocycles. The molecule has 0 aliphatic carbocycles. The number of hydrogen-bond acceptors (Lipinski definition) is 4. The maximum absolute atomic E-state index is 11.3. The number of esters is 1. The van der Waals surface area contributed by atoms with Crippen LogP contribution in [0.4, 0.5) is 0 Å². The van der Waals surface area contributed by atoms with E-state index >= 15 is 0 Å². The van der Waals surface area contributed by atoms with Crippen LogP contribution in [-0.4, -0.2) is 29.8 Å². The van der Waals surface area contributed by atoms with E-state index in [0.29, 0.717) is 12.4 Å². The molecule has 4 heteroatoms. The number of carbonyl (C=O) groups is 1. The molecule has 2 rings (SSSR count). The number of carbonyl (C=O) groups excluding carboxylic acids is 1. The van der Waals surface area contributed by atoms with Gasteiger partial charge >= 0.3 is 5.97 Å². The van der Waals surface area contributed by atoms with E-state index in [-0.39, 0.29) is 18.1 Å². The monoisotopic (exact) mass is 249 g/mol. The molecule has 1 heterocycles. The highest BCUT2D eigenvalue weighted by Crippen LogP contribution is 2.13. The van der Waals surface area contributed by atoms with E-state index in [1.54, 1.807) is 12.1 Å². The van der Waals surface area contributed by atoms with Crippen LogP contribution in [-0.2, 0) is 16.0 Å². The van der Waals surface area contributed by atoms with Gasteiger partial charge in [-0.3, -0.25) is 4.79 Å². The highest BCUT2D eigenvalue weighted by molar-refractivity contribution is 5.77. The molecule has 4 nitrogen and oxygen atoms in total. The molecule has 18 heavy (non-hydrogen) atoms. The largest absolute Gasteiger partial charge is 0.508 e. The molecule has 0 spiro atoms. The summed E-state index contributed by atoms with van der Waals surface area (Å²) in [6.07, 6.45) is 2.65. The maximum Gasteiger partial charge on any atom is 0.323 e. The molecule has 2 atom stereocenters. The van der Waals surface area contributed by atoms with Crippen molar-refractivity contribution in [2.24, 2.45) is 0 Å². The highest BCUT2D eigenvalue weighted by atomic mass is 16.5. The number of aryl methyl sites for hydroxylation is 1. The number of ether oxygens (including phenoxy) is 1. The Morgan fingerprint density at radius 2 is 2.17 bits per heavy atom. The molecule has 0 radical (unpaired) electrons. The van der Waals surface area contributed by atoms with Crippen molar-refractivity contribution in [2.75, 3.05) is 6.61 Å². The summed E-state index contributed by atoms with van der Waals surface area (Å²) in [6.45, 7) is 2.60. The van der Waals surface area contributed by atoms with E-state index < -0.39 is 0 Å². The Balaban J connectivity index is 1.76. The molecule has 0 aromatic heterocycles. The van der Waals surface area contributed by atoms with E-state index in [1.807, 2.05) is 12.1 Å². The van der Waals surface area contributed by atoms with Crippen molar-refractivity contribution in [1.82, 2.24) is 5.32 Å². The maximum atomic E-state index is 11.3. The fraction of sp³-hybridized carbons (Fsp3) is 0.500. The fourth-order valence-electron chi connectivity index (χ4n) is 2.12. The van der Waals surface area contributed by atoms with Gasteiger partial charge in [0.25, 0.3) is 0 Å². The quantitative estimate of drug-likeness (QED) is 0.779. The van der Waals surface area contributed by atoms with Gasteiger partial charge in [-0.2, -0.15) is 0 Å². The summed E-state index contributed by atoms with van der Waals surface area (Å²) in [6, 6.07) is 7.37. The molecule has 98 valence electrons. The normalized spacial score (nSPS) is 20.7. The van der Waals surface area contributed by atoms with Crippen LogP contribution in [0.15, 0.2) is 24.3 Å². The van der Waals surface area contributed by atoms with Crippen LogP contribution < -0.4 is 5.32 Å². The van der Waals surface area contributed by atoms with Crippen LogP contribution in [0.1, 0.15) is 25.3 Å². The van der Waals surface area contributed by atoms with Gasteiger partial charge in [-0.15, -0.1) is 0 Å². The lowest BCUT2D eigenvalue weighted by molar-refractivity contribution is -0.139. The second kappa shape index (κ2) is 5.87. The zero-order chi connectivity index (χ0) is 13.0. The van der Waals surface area contributed by atoms with Crippen molar-refractivity contribution in [2.45, 2.75) is 38.3 Å². The Bertz CT molecular complexity index is 402. The number of phenols is 1. The molecule has 1 aromatic carbocycles. The van der Waals surface area contributed by atoms with Gasteiger partial charge in [-0.05, 0) is 37.5 Å². The molecule has 1 saturated heterocycles. The van der Waals surface area contributed by atoms with E-state index in [9.17, 15) is 9.90 Å². The fourth-order valence-corrected chi connectivity index (χ4v) is 2.12. The highest BCUT2D eigenvalue weighted by Gasteiger charge is 2.27. The summed E-state index contributed by atoms with van der Waals surface area (Å²) >= 11 is 0. The molecular formula is C14H19NO3. The van der Waals surface area contributed by atoms with Gasteiger partial charge in [0, 0.05) is 12.5 Å². The lowest BCUT2D eigenvalue weighted by atomic mass is 10.1. The lowest BCUT2D eigenvalue weighted by Crippen LogP contribution is -2.39. The summed E-state index contributed by atoms with van der Waals surface area (Å²) in [5.41, 5.74) is 1.19. The summed E-state index contributed by atoms with van der Waals surface area (Å²) in [5.74, 6) is 0.158. The van der Waals surface area contributed by atoms with Crippen molar-refractivity contribution in [3.8, 4) is 5.75 Å². The standard InChI is InChI=1S/C14H19NO3/c1-10(15-13-8-9-18-14(13)17)2-3-11-4-6-12(16)7-5-11/h4-7,10,13,15-16H,2-3,8-9H2,1H3. The van der Waals surface area contributed by atoms with Crippen LogP contribution in [0, 0.1) is 0 Å². The third-order valence-corrected chi connectivity index (χ3v) is 3.22. The summed E-state index contributed by atoms with van der Waals surface area (Å²) < 4.78 is 4.91. The Kier molecular flexibility index (Phi) is 4.20. The van der Waals surface area contributed by atoms with Crippen molar-refractivity contribution in [3.05, 3.63) is 29.8 Å². The predicted molar refractivity (Wildman–Crippen MR) is 68.4 cm³/mol. The smallest absolute Gasteiger partial charge is 0.323 e. The van der Waals surface area contributed by atoms with E-state index in [4.69, 9.17) is 4.74 Å². The first-order chi connectivity index (χ1) is 8.65. The molecule has 1 fully saturated rings. The summed E-state index contributed by atoms with van der Waals surface area (Å²) in [7, 11) is 0. The third kappa shape index (κ3) is 3.47. The van der Waals surface area contributed by atoms with Crippen molar-refractivity contribution in [1.29, 1.82) is 0 Å². The van der Waals surface area contributed by atoms with Crippen molar-refractivity contribution in [3.63, 3.8) is 0 Å². The second-order valence-corrected chi connectivity index (χ2v) is 4.78. The Morgan fingerprint density at radius 1 is 1.44 bits per heavy atom. The number of nitrogens with one attached hydrogen (secondary N) is 1. The SMILES string of the molecule is CC(CCc1ccc(O)cc1)NC1CCOC1=O. The van der Waals surface area contributed by atoms with Gasteiger partial charge in [0.05, 0.1) is 6.61 Å². The minimum absolute atomic E-state index is 0.133. The van der Waals surface area contributed by atoms with Crippen molar-refractivity contribution < 1.29 is 14.6 Å². The number of benzene rings is 1. The van der Waals surface area contributed by atoms with Gasteiger partial charge < -0.3 is 15.2 Å². The average Bonchev–Trinajstić information content (AvgIpc) is 2.74. The number of hydrogen-bond donors (Lipinski definition) is 2. The van der Waals surface area contributed by atoms with Gasteiger partial charge in [0.1, 0.15) is 11.8 Å². The number of phenolic OH excluding ortho intramolecular Hbond substituents is 1. The molecule has 1 aliphatic heterocycles. The van der Waals surface area contributed by atoms with Crippen LogP contribution in [0.3, 0.4) is 0 Å². The third-order valence-electron chi connectivity index (χ3n) is 3.22. The first kappa shape index (κ1) is 12.9. The molecule has 2 unspecified atom stereocenters. The Hall–Kier alpha value is -1.55. The molecule has 1 aromatic rings. The summed E-state index contributed by atoms with van der Waals surface area (Å²) in [4.78, 5) is 11.3. The second-order valence-electron chi connectivity index (χ2n) is 4.78. The van der Waals surface area contributed by atoms with Crippen molar-refractivity contribution >= 4 is 5.97 Å². The minimum Gasteiger partial charge on any atom is -0.508 e. The Labute approximate surface area is 107 Å². The molecular weight excluding hydrogens is 230 g/mol. The first-order valence-corrected chi connectivity index (χ1v) is 6.36. The number of cyclic esters (lactones) is 1. The van der Waals surface area contributed by atoms with Crippen LogP contribution in [0.25, 0.3) is 0 Å². The Morgan fingerprint density at radius 3 is 2.78 bits per heavy atom. The molecule has 0 amide bonds. The van der Waals surface area contributed by atoms with Gasteiger partial charge in [-0.1, -0.05) is 12.1 Å². The molecule has 0 bridgehead atoms.